The van der Waals surface area contributed by atoms with E-state index in [9.17, 15) is 9.90 Å². The highest BCUT2D eigenvalue weighted by atomic mass is 35.5. The molecule has 1 unspecified atom stereocenters. The molecule has 39 heavy (non-hydrogen) atoms. The molecule has 0 bridgehead atoms. The van der Waals surface area contributed by atoms with Gasteiger partial charge in [0, 0.05) is 50.0 Å². The fourth-order valence-electron chi connectivity index (χ4n) is 5.41. The monoisotopic (exact) mass is 569 g/mol. The molecule has 1 amide bonds. The van der Waals surface area contributed by atoms with Gasteiger partial charge in [-0.05, 0) is 68.7 Å². The van der Waals surface area contributed by atoms with Crippen molar-refractivity contribution in [3.63, 3.8) is 0 Å². The average molecular weight is 571 g/mol. The zero-order chi connectivity index (χ0) is 28.1. The molecule has 1 N–H and O–H groups in total. The molecule has 2 aromatic heterocycles. The largest absolute Gasteiger partial charge is 0.444 e. The highest BCUT2D eigenvalue weighted by molar-refractivity contribution is 6.31. The van der Waals surface area contributed by atoms with Gasteiger partial charge in [0.1, 0.15) is 11.2 Å². The summed E-state index contributed by atoms with van der Waals surface area (Å²) in [6.07, 6.45) is 6.63. The second kappa shape index (κ2) is 10.2. The first-order valence-corrected chi connectivity index (χ1v) is 13.7. The number of benzene rings is 1. The van der Waals surface area contributed by atoms with Gasteiger partial charge < -0.3 is 19.3 Å². The summed E-state index contributed by atoms with van der Waals surface area (Å²) >= 11 is 13.0. The number of pyridine rings is 1. The van der Waals surface area contributed by atoms with Crippen LogP contribution in [0.5, 0.6) is 0 Å². The number of aryl methyl sites for hydroxylation is 1. The van der Waals surface area contributed by atoms with Crippen LogP contribution in [0.4, 0.5) is 4.79 Å². The number of carbonyl (C=O) groups is 1. The second-order valence-electron chi connectivity index (χ2n) is 11.3. The van der Waals surface area contributed by atoms with E-state index in [-0.39, 0.29) is 12.1 Å². The SMILES string of the molecule is Cn1cncc1C(C)(O)C1=Cc2cc(Cl)ccc2[C@@H](N2CCN(C(=O)OC(C)(C)C)CC2)c2ncc(Cl)cc21. The summed E-state index contributed by atoms with van der Waals surface area (Å²) in [6.45, 7) is 9.63. The summed E-state index contributed by atoms with van der Waals surface area (Å²) in [6, 6.07) is 7.41. The molecule has 1 aliphatic carbocycles. The van der Waals surface area contributed by atoms with Crippen molar-refractivity contribution in [1.29, 1.82) is 0 Å². The fraction of sp³-hybridized carbons (Fsp3) is 0.414. The average Bonchev–Trinajstić information content (AvgIpc) is 3.24. The van der Waals surface area contributed by atoms with Gasteiger partial charge in [0.25, 0.3) is 0 Å². The van der Waals surface area contributed by atoms with Gasteiger partial charge in [0.15, 0.2) is 0 Å². The molecule has 5 rings (SSSR count). The Balaban J connectivity index is 1.59. The van der Waals surface area contributed by atoms with Crippen LogP contribution in [0.1, 0.15) is 61.8 Å². The smallest absolute Gasteiger partial charge is 0.410 e. The maximum absolute atomic E-state index is 12.7. The van der Waals surface area contributed by atoms with E-state index in [1.165, 1.54) is 0 Å². The molecule has 2 aliphatic rings. The van der Waals surface area contributed by atoms with Gasteiger partial charge in [0.2, 0.25) is 0 Å². The Morgan fingerprint density at radius 3 is 2.41 bits per heavy atom. The van der Waals surface area contributed by atoms with E-state index < -0.39 is 11.2 Å². The van der Waals surface area contributed by atoms with Gasteiger partial charge in [-0.3, -0.25) is 9.88 Å². The number of carbonyl (C=O) groups excluding carboxylic acids is 1. The minimum atomic E-state index is -1.41. The zero-order valence-electron chi connectivity index (χ0n) is 22.8. The Bertz CT molecular complexity index is 1430. The minimum absolute atomic E-state index is 0.249. The Morgan fingerprint density at radius 1 is 1.05 bits per heavy atom. The Labute approximate surface area is 238 Å². The summed E-state index contributed by atoms with van der Waals surface area (Å²) in [5.41, 5.74) is 2.74. The zero-order valence-corrected chi connectivity index (χ0v) is 24.3. The lowest BCUT2D eigenvalue weighted by molar-refractivity contribution is 0.0117. The molecule has 1 aromatic carbocycles. The minimum Gasteiger partial charge on any atom is -0.444 e. The van der Waals surface area contributed by atoms with Crippen LogP contribution in [0.2, 0.25) is 10.0 Å². The van der Waals surface area contributed by atoms with E-state index >= 15 is 0 Å². The number of rotatable bonds is 3. The van der Waals surface area contributed by atoms with E-state index in [0.29, 0.717) is 47.5 Å². The molecule has 1 saturated heterocycles. The summed E-state index contributed by atoms with van der Waals surface area (Å²) < 4.78 is 7.40. The first kappa shape index (κ1) is 27.6. The lowest BCUT2D eigenvalue weighted by Crippen LogP contribution is -2.51. The molecule has 1 fully saturated rings. The molecule has 10 heteroatoms. The maximum atomic E-state index is 12.7. The van der Waals surface area contributed by atoms with Crippen molar-refractivity contribution < 1.29 is 14.6 Å². The molecule has 0 radical (unpaired) electrons. The van der Waals surface area contributed by atoms with Gasteiger partial charge in [-0.1, -0.05) is 29.3 Å². The number of hydrogen-bond acceptors (Lipinski definition) is 6. The van der Waals surface area contributed by atoms with Crippen molar-refractivity contribution in [2.45, 2.75) is 44.9 Å². The van der Waals surface area contributed by atoms with Crippen molar-refractivity contribution in [2.24, 2.45) is 7.05 Å². The van der Waals surface area contributed by atoms with Crippen molar-refractivity contribution in [3.05, 3.63) is 81.1 Å². The number of nitrogens with zero attached hydrogens (tertiary/aromatic N) is 5. The number of hydrogen-bond donors (Lipinski definition) is 1. The lowest BCUT2D eigenvalue weighted by Gasteiger charge is -2.40. The molecular weight excluding hydrogens is 537 g/mol. The Morgan fingerprint density at radius 2 is 1.77 bits per heavy atom. The molecule has 8 nitrogen and oxygen atoms in total. The highest BCUT2D eigenvalue weighted by Crippen LogP contribution is 2.46. The predicted molar refractivity (Wildman–Crippen MR) is 153 cm³/mol. The first-order valence-electron chi connectivity index (χ1n) is 12.9. The molecule has 0 saturated carbocycles. The van der Waals surface area contributed by atoms with Crippen LogP contribution >= 0.6 is 23.2 Å². The third-order valence-corrected chi connectivity index (χ3v) is 7.69. The van der Waals surface area contributed by atoms with E-state index in [2.05, 4.69) is 9.88 Å². The lowest BCUT2D eigenvalue weighted by atomic mass is 9.85. The third kappa shape index (κ3) is 5.43. The molecule has 3 aromatic rings. The van der Waals surface area contributed by atoms with E-state index in [0.717, 1.165) is 22.4 Å². The molecule has 1 aliphatic heterocycles. The van der Waals surface area contributed by atoms with Gasteiger partial charge in [0.05, 0.1) is 35.0 Å². The van der Waals surface area contributed by atoms with E-state index in [1.807, 2.05) is 58.2 Å². The number of piperazine rings is 1. The van der Waals surface area contributed by atoms with Crippen molar-refractivity contribution >= 4 is 40.9 Å². The number of aromatic nitrogens is 3. The Kier molecular flexibility index (Phi) is 7.26. The molecule has 206 valence electrons. The van der Waals surface area contributed by atoms with Crippen LogP contribution in [-0.4, -0.2) is 67.3 Å². The van der Waals surface area contributed by atoms with Crippen LogP contribution in [0.15, 0.2) is 43.0 Å². The molecule has 0 spiro atoms. The molecule has 2 atom stereocenters. The van der Waals surface area contributed by atoms with Crippen LogP contribution < -0.4 is 0 Å². The molecular formula is C29H33Cl2N5O3. The van der Waals surface area contributed by atoms with Gasteiger partial charge in [-0.2, -0.15) is 0 Å². The highest BCUT2D eigenvalue weighted by Gasteiger charge is 2.40. The van der Waals surface area contributed by atoms with Crippen molar-refractivity contribution in [3.8, 4) is 0 Å². The summed E-state index contributed by atoms with van der Waals surface area (Å²) in [5, 5.41) is 13.1. The summed E-state index contributed by atoms with van der Waals surface area (Å²) in [5.74, 6) is 0. The van der Waals surface area contributed by atoms with Crippen LogP contribution in [0.25, 0.3) is 11.6 Å². The number of amides is 1. The Hall–Kier alpha value is -2.91. The number of halogens is 2. The van der Waals surface area contributed by atoms with E-state index in [1.54, 1.807) is 35.1 Å². The number of ether oxygens (including phenoxy) is 1. The topological polar surface area (TPSA) is 83.7 Å². The van der Waals surface area contributed by atoms with Crippen LogP contribution in [0, 0.1) is 0 Å². The maximum Gasteiger partial charge on any atom is 0.410 e. The van der Waals surface area contributed by atoms with Crippen LogP contribution in [-0.2, 0) is 17.4 Å². The standard InChI is InChI=1S/C29H33Cl2N5O3/c1-28(2,3)39-27(37)36-10-8-35(9-11-36)26-21-7-6-19(30)12-18(21)13-23(22-14-20(31)15-33-25(22)26)29(4,38)24-16-32-17-34(24)5/h6-7,12-17,26,38H,8-11H2,1-5H3/t26-,29?/m1/s1. The number of aliphatic hydroxyl groups is 1. The van der Waals surface area contributed by atoms with Crippen molar-refractivity contribution in [2.75, 3.05) is 26.2 Å². The summed E-state index contributed by atoms with van der Waals surface area (Å²) in [4.78, 5) is 25.8. The van der Waals surface area contributed by atoms with E-state index in [4.69, 9.17) is 32.9 Å². The normalized spacial score (nSPS) is 19.4. The van der Waals surface area contributed by atoms with Gasteiger partial charge in [-0.25, -0.2) is 9.78 Å². The van der Waals surface area contributed by atoms with Gasteiger partial charge >= 0.3 is 6.09 Å². The van der Waals surface area contributed by atoms with Crippen LogP contribution in [0.3, 0.4) is 0 Å². The fourth-order valence-corrected chi connectivity index (χ4v) is 5.75. The molecule has 3 heterocycles. The number of imidazole rings is 1. The predicted octanol–water partition coefficient (Wildman–Crippen LogP) is 5.53. The quantitative estimate of drug-likeness (QED) is 0.446. The third-order valence-electron chi connectivity index (χ3n) is 7.25. The van der Waals surface area contributed by atoms with Crippen molar-refractivity contribution in [1.82, 2.24) is 24.3 Å². The first-order chi connectivity index (χ1) is 18.3. The number of fused-ring (bicyclic) bond motifs is 2. The second-order valence-corrected chi connectivity index (χ2v) is 12.2. The van der Waals surface area contributed by atoms with Gasteiger partial charge in [-0.15, -0.1) is 0 Å². The summed E-state index contributed by atoms with van der Waals surface area (Å²) in [7, 11) is 1.85.